The topological polar surface area (TPSA) is 147 Å². The van der Waals surface area contributed by atoms with Crippen LogP contribution >= 0.6 is 11.3 Å². The van der Waals surface area contributed by atoms with Crippen molar-refractivity contribution < 1.29 is 23.1 Å². The van der Waals surface area contributed by atoms with Crippen molar-refractivity contribution in [1.29, 1.82) is 0 Å². The van der Waals surface area contributed by atoms with Crippen molar-refractivity contribution in [3.63, 3.8) is 0 Å². The fourth-order valence-electron chi connectivity index (χ4n) is 3.81. The van der Waals surface area contributed by atoms with Crippen LogP contribution in [0.1, 0.15) is 16.1 Å². The van der Waals surface area contributed by atoms with Gasteiger partial charge >= 0.3 is 0 Å². The van der Waals surface area contributed by atoms with E-state index in [1.807, 2.05) is 42.6 Å². The second kappa shape index (κ2) is 13.7. The molecule has 3 aromatic heterocycles. The third-order valence-electron chi connectivity index (χ3n) is 5.70. The summed E-state index contributed by atoms with van der Waals surface area (Å²) in [4.78, 5) is 32.3. The van der Waals surface area contributed by atoms with Crippen LogP contribution in [0.4, 0.5) is 10.9 Å². The molecule has 1 aromatic carbocycles. The summed E-state index contributed by atoms with van der Waals surface area (Å²) in [5.41, 5.74) is 4.84. The summed E-state index contributed by atoms with van der Waals surface area (Å²) in [5.74, 6) is 0.419. The lowest BCUT2D eigenvalue weighted by atomic mass is 10.0. The number of aromatic nitrogens is 3. The summed E-state index contributed by atoms with van der Waals surface area (Å²) in [5, 5.41) is 17.7. The number of nitrogens with zero attached hydrogens (tertiary/aromatic N) is 4. The normalized spacial score (nSPS) is 10.7. The number of carbonyl (C=O) groups is 2. The van der Waals surface area contributed by atoms with E-state index in [1.54, 1.807) is 24.5 Å². The summed E-state index contributed by atoms with van der Waals surface area (Å²) in [7, 11) is 0.344. The molecular formula is C28H32N6O5S2. The number of aldehydes is 1. The van der Waals surface area contributed by atoms with Crippen LogP contribution in [-0.4, -0.2) is 73.1 Å². The zero-order chi connectivity index (χ0) is 30.2. The summed E-state index contributed by atoms with van der Waals surface area (Å²) in [6, 6.07) is 13.7. The minimum atomic E-state index is -3.40. The number of likely N-dealkylation sites (N-methyl/N-ethyl adjacent to an activating group) is 1. The highest BCUT2D eigenvalue weighted by Crippen LogP contribution is 2.29. The molecule has 0 saturated heterocycles. The van der Waals surface area contributed by atoms with Crippen LogP contribution in [0.15, 0.2) is 72.6 Å². The van der Waals surface area contributed by atoms with Gasteiger partial charge in [0, 0.05) is 43.1 Å². The Morgan fingerprint density at radius 1 is 1.20 bits per heavy atom. The van der Waals surface area contributed by atoms with Gasteiger partial charge in [-0.25, -0.2) is 22.4 Å². The number of rotatable bonds is 10. The molecule has 13 heteroatoms. The minimum absolute atomic E-state index is 0.0953. The Morgan fingerprint density at radius 2 is 1.90 bits per heavy atom. The molecule has 1 amide bonds. The van der Waals surface area contributed by atoms with Crippen LogP contribution in [0.2, 0.25) is 0 Å². The highest BCUT2D eigenvalue weighted by Gasteiger charge is 2.14. The number of aliphatic hydroxyl groups is 1. The van der Waals surface area contributed by atoms with Gasteiger partial charge in [0.05, 0.1) is 30.6 Å². The molecule has 0 aliphatic rings. The lowest BCUT2D eigenvalue weighted by molar-refractivity contribution is -0.107. The number of thiazole rings is 1. The average molecular weight is 597 g/mol. The maximum Gasteiger partial charge on any atom is 0.253 e. The van der Waals surface area contributed by atoms with Crippen molar-refractivity contribution in [3.8, 4) is 22.4 Å². The van der Waals surface area contributed by atoms with Gasteiger partial charge in [0.15, 0.2) is 5.13 Å². The lowest BCUT2D eigenvalue weighted by Crippen LogP contribution is -2.24. The molecule has 0 radical (unpaired) electrons. The highest BCUT2D eigenvalue weighted by atomic mass is 32.2. The minimum Gasteiger partial charge on any atom is -0.511 e. The quantitative estimate of drug-likeness (QED) is 0.183. The number of anilines is 2. The zero-order valence-corrected chi connectivity index (χ0v) is 24.8. The van der Waals surface area contributed by atoms with Crippen molar-refractivity contribution in [2.75, 3.05) is 43.7 Å². The van der Waals surface area contributed by atoms with Gasteiger partial charge in [-0.2, -0.15) is 0 Å². The van der Waals surface area contributed by atoms with Crippen LogP contribution < -0.4 is 15.5 Å². The predicted octanol–water partition coefficient (Wildman–Crippen LogP) is 3.95. The molecule has 41 heavy (non-hydrogen) atoms. The lowest BCUT2D eigenvalue weighted by Gasteiger charge is -2.18. The number of hydrogen-bond donors (Lipinski definition) is 3. The van der Waals surface area contributed by atoms with E-state index in [9.17, 15) is 23.1 Å². The van der Waals surface area contributed by atoms with E-state index in [-0.39, 0.29) is 17.9 Å². The largest absolute Gasteiger partial charge is 0.511 e. The standard InChI is InChI=1S/C19H20N4OS.C9H12N2O4S/c1-13(24)11-23(3)18-10-15(7-8-21-18)14-5-4-6-16(9-14)17-12-25-19(20-2)22-17;1-7-5-8(9(13)10-3-4-12)6-11(7)16(2,14)15/h4-10,12,24H,1,11H2,2-3H3,(H,20,22);4-6H,3H2,1-2H3,(H,10,13). The summed E-state index contributed by atoms with van der Waals surface area (Å²) in [6.07, 6.45) is 4.60. The number of carbonyl (C=O) groups excluding carboxylic acids is 2. The second-order valence-corrected chi connectivity index (χ2v) is 11.7. The number of nitrogens with one attached hydrogen (secondary N) is 2. The Labute approximate surface area is 243 Å². The van der Waals surface area contributed by atoms with E-state index in [0.717, 1.165) is 43.6 Å². The van der Waals surface area contributed by atoms with Crippen LogP contribution in [0.25, 0.3) is 22.4 Å². The Morgan fingerprint density at radius 3 is 2.51 bits per heavy atom. The predicted molar refractivity (Wildman–Crippen MR) is 163 cm³/mol. The van der Waals surface area contributed by atoms with Crippen molar-refractivity contribution in [3.05, 3.63) is 83.8 Å². The highest BCUT2D eigenvalue weighted by molar-refractivity contribution is 7.89. The second-order valence-electron chi connectivity index (χ2n) is 9.00. The fourth-order valence-corrected chi connectivity index (χ4v) is 5.37. The molecule has 0 aliphatic heterocycles. The number of benzene rings is 1. The molecule has 216 valence electrons. The Kier molecular flexibility index (Phi) is 10.4. The van der Waals surface area contributed by atoms with Gasteiger partial charge in [-0.15, -0.1) is 11.3 Å². The Balaban J connectivity index is 0.000000250. The monoisotopic (exact) mass is 596 g/mol. The van der Waals surface area contributed by atoms with E-state index < -0.39 is 15.9 Å². The molecule has 4 aromatic rings. The molecule has 0 fully saturated rings. The van der Waals surface area contributed by atoms with Crippen LogP contribution in [-0.2, 0) is 14.8 Å². The first-order valence-electron chi connectivity index (χ1n) is 12.3. The van der Waals surface area contributed by atoms with Gasteiger partial charge in [0.1, 0.15) is 17.9 Å². The molecule has 0 atom stereocenters. The molecule has 0 bridgehead atoms. The third-order valence-corrected chi connectivity index (χ3v) is 7.67. The molecule has 0 unspecified atom stereocenters. The van der Waals surface area contributed by atoms with Gasteiger partial charge in [-0.3, -0.25) is 4.79 Å². The summed E-state index contributed by atoms with van der Waals surface area (Å²) < 4.78 is 23.6. The number of aliphatic hydroxyl groups excluding tert-OH is 1. The molecule has 0 saturated carbocycles. The molecule has 0 spiro atoms. The van der Waals surface area contributed by atoms with Crippen molar-refractivity contribution in [2.24, 2.45) is 0 Å². The van der Waals surface area contributed by atoms with E-state index in [2.05, 4.69) is 45.4 Å². The van der Waals surface area contributed by atoms with Crippen molar-refractivity contribution in [2.45, 2.75) is 6.92 Å². The zero-order valence-electron chi connectivity index (χ0n) is 23.2. The molecule has 0 aliphatic carbocycles. The van der Waals surface area contributed by atoms with E-state index >= 15 is 0 Å². The van der Waals surface area contributed by atoms with Gasteiger partial charge < -0.3 is 25.4 Å². The smallest absolute Gasteiger partial charge is 0.253 e. The van der Waals surface area contributed by atoms with E-state index in [4.69, 9.17) is 0 Å². The van der Waals surface area contributed by atoms with Crippen LogP contribution in [0, 0.1) is 6.92 Å². The summed E-state index contributed by atoms with van der Waals surface area (Å²) >= 11 is 1.59. The molecular weight excluding hydrogens is 564 g/mol. The van der Waals surface area contributed by atoms with Crippen LogP contribution in [0.5, 0.6) is 0 Å². The molecule has 4 rings (SSSR count). The number of pyridine rings is 1. The van der Waals surface area contributed by atoms with Gasteiger partial charge in [-0.05, 0) is 42.3 Å². The average Bonchev–Trinajstić information content (AvgIpc) is 3.59. The molecule has 11 nitrogen and oxygen atoms in total. The van der Waals surface area contributed by atoms with E-state index in [0.29, 0.717) is 18.5 Å². The van der Waals surface area contributed by atoms with Crippen molar-refractivity contribution in [1.82, 2.24) is 19.3 Å². The third kappa shape index (κ3) is 8.50. The Bertz CT molecular complexity index is 1640. The van der Waals surface area contributed by atoms with Crippen LogP contribution in [0.3, 0.4) is 0 Å². The van der Waals surface area contributed by atoms with Gasteiger partial charge in [0.2, 0.25) is 10.0 Å². The first kappa shape index (κ1) is 31.0. The number of aryl methyl sites for hydroxylation is 1. The SMILES string of the molecule is C=C(O)CN(C)c1cc(-c2cccc(-c3csc(NC)n3)c2)ccn1.Cc1cc(C(=O)NCC=O)cn1S(C)(=O)=O. The Hall–Kier alpha value is -4.49. The maximum absolute atomic E-state index is 11.4. The number of amides is 1. The molecule has 3 N–H and O–H groups in total. The number of hydrogen-bond acceptors (Lipinski definition) is 10. The maximum atomic E-state index is 11.4. The van der Waals surface area contributed by atoms with Gasteiger partial charge in [0.25, 0.3) is 5.91 Å². The van der Waals surface area contributed by atoms with E-state index in [1.165, 1.54) is 12.3 Å². The van der Waals surface area contributed by atoms with Crippen molar-refractivity contribution >= 4 is 44.5 Å². The van der Waals surface area contributed by atoms with Gasteiger partial charge in [-0.1, -0.05) is 24.8 Å². The first-order valence-corrected chi connectivity index (χ1v) is 15.0. The fraction of sp³-hybridized carbons (Fsp3) is 0.214. The molecule has 3 heterocycles. The first-order chi connectivity index (χ1) is 19.4. The summed E-state index contributed by atoms with van der Waals surface area (Å²) in [6.45, 7) is 5.37.